The molecule has 1 aromatic heterocycles. The van der Waals surface area contributed by atoms with E-state index >= 15 is 0 Å². The number of hydrogen-bond donors (Lipinski definition) is 0. The lowest BCUT2D eigenvalue weighted by Gasteiger charge is -2.15. The molecule has 25 heavy (non-hydrogen) atoms. The summed E-state index contributed by atoms with van der Waals surface area (Å²) < 4.78 is 23.3. The quantitative estimate of drug-likeness (QED) is 0.485. The van der Waals surface area contributed by atoms with Crippen molar-refractivity contribution in [2.24, 2.45) is 5.92 Å². The average Bonchev–Trinajstić information content (AvgIpc) is 3.01. The molecule has 2 heterocycles. The van der Waals surface area contributed by atoms with Crippen LogP contribution in [0.25, 0.3) is 17.4 Å². The van der Waals surface area contributed by atoms with Crippen molar-refractivity contribution in [1.29, 1.82) is 0 Å². The van der Waals surface area contributed by atoms with Gasteiger partial charge in [0.15, 0.2) is 17.5 Å². The molecule has 0 spiro atoms. The second kappa shape index (κ2) is 6.68. The molecule has 0 saturated heterocycles. The van der Waals surface area contributed by atoms with E-state index in [1.807, 2.05) is 0 Å². The number of carbonyl (C=O) groups excluding carboxylic acids is 3. The minimum atomic E-state index is -1.48. The predicted molar refractivity (Wildman–Crippen MR) is 86.5 cm³/mol. The lowest BCUT2D eigenvalue weighted by atomic mass is 9.96. The Kier molecular flexibility index (Phi) is 4.43. The molecule has 6 heteroatoms. The van der Waals surface area contributed by atoms with E-state index in [1.165, 1.54) is 25.1 Å². The van der Waals surface area contributed by atoms with Crippen LogP contribution in [-0.2, 0) is 19.1 Å². The number of ketones is 2. The Morgan fingerprint density at radius 1 is 1.12 bits per heavy atom. The first-order valence-corrected chi connectivity index (χ1v) is 7.45. The Labute approximate surface area is 142 Å². The Morgan fingerprint density at radius 3 is 2.52 bits per heavy atom. The van der Waals surface area contributed by atoms with Crippen LogP contribution >= 0.6 is 0 Å². The summed E-state index contributed by atoms with van der Waals surface area (Å²) >= 11 is 0. The maximum absolute atomic E-state index is 12.9. The zero-order valence-corrected chi connectivity index (χ0v) is 13.2. The van der Waals surface area contributed by atoms with E-state index < -0.39 is 23.5 Å². The van der Waals surface area contributed by atoms with Gasteiger partial charge in [-0.25, -0.2) is 4.39 Å². The highest BCUT2D eigenvalue weighted by molar-refractivity contribution is 6.25. The number of hydrogen-bond acceptors (Lipinski definition) is 5. The Bertz CT molecular complexity index is 902. The van der Waals surface area contributed by atoms with Crippen molar-refractivity contribution in [3.8, 4) is 11.3 Å². The van der Waals surface area contributed by atoms with Crippen LogP contribution in [-0.4, -0.2) is 17.5 Å². The highest BCUT2D eigenvalue weighted by Crippen LogP contribution is 2.23. The first-order valence-electron chi connectivity index (χ1n) is 7.45. The molecule has 0 fully saturated rings. The molecule has 0 saturated carbocycles. The standard InChI is InChI=1S/C19H13FO5/c1-11-10-16(22)18(19(23)24-11)15(21)8-6-14-7-9-17(25-14)12-2-4-13(20)5-3-12/h2-10,18H,1H3/b8-6+. The van der Waals surface area contributed by atoms with Crippen molar-refractivity contribution < 1.29 is 27.9 Å². The summed E-state index contributed by atoms with van der Waals surface area (Å²) in [6.45, 7) is 1.46. The third kappa shape index (κ3) is 3.63. The number of esters is 1. The molecule has 2 aromatic rings. The highest BCUT2D eigenvalue weighted by Gasteiger charge is 2.36. The first-order chi connectivity index (χ1) is 11.9. The largest absolute Gasteiger partial charge is 0.457 e. The van der Waals surface area contributed by atoms with Crippen LogP contribution in [0.1, 0.15) is 12.7 Å². The van der Waals surface area contributed by atoms with Gasteiger partial charge >= 0.3 is 5.97 Å². The van der Waals surface area contributed by atoms with Crippen LogP contribution in [0.4, 0.5) is 4.39 Å². The van der Waals surface area contributed by atoms with Gasteiger partial charge in [0, 0.05) is 11.6 Å². The van der Waals surface area contributed by atoms with Crippen LogP contribution in [0.15, 0.2) is 58.7 Å². The summed E-state index contributed by atoms with van der Waals surface area (Å²) in [5, 5.41) is 0. The molecule has 1 unspecified atom stereocenters. The smallest absolute Gasteiger partial charge is 0.329 e. The molecule has 126 valence electrons. The lowest BCUT2D eigenvalue weighted by molar-refractivity contribution is -0.151. The second-order valence-corrected chi connectivity index (χ2v) is 5.46. The maximum atomic E-state index is 12.9. The molecule has 5 nitrogen and oxygen atoms in total. The van der Waals surface area contributed by atoms with Crippen molar-refractivity contribution >= 4 is 23.6 Å². The SMILES string of the molecule is CC1=CC(=O)C(C(=O)/C=C/c2ccc(-c3ccc(F)cc3)o2)C(=O)O1. The van der Waals surface area contributed by atoms with Gasteiger partial charge in [0.25, 0.3) is 0 Å². The Morgan fingerprint density at radius 2 is 1.84 bits per heavy atom. The molecule has 1 aliphatic rings. The third-order valence-electron chi connectivity index (χ3n) is 3.58. The van der Waals surface area contributed by atoms with Crippen molar-refractivity contribution in [1.82, 2.24) is 0 Å². The van der Waals surface area contributed by atoms with Gasteiger partial charge in [-0.2, -0.15) is 0 Å². The van der Waals surface area contributed by atoms with Gasteiger partial charge in [0.1, 0.15) is 23.1 Å². The fraction of sp³-hybridized carbons (Fsp3) is 0.105. The van der Waals surface area contributed by atoms with Gasteiger partial charge in [0.05, 0.1) is 0 Å². The van der Waals surface area contributed by atoms with Crippen LogP contribution in [0.3, 0.4) is 0 Å². The first kappa shape index (κ1) is 16.6. The molecule has 3 rings (SSSR count). The number of furan rings is 1. The molecule has 0 radical (unpaired) electrons. The number of halogens is 1. The van der Waals surface area contributed by atoms with Gasteiger partial charge in [-0.3, -0.25) is 14.4 Å². The summed E-state index contributed by atoms with van der Waals surface area (Å²) in [6, 6.07) is 9.05. The van der Waals surface area contributed by atoms with Gasteiger partial charge in [-0.15, -0.1) is 0 Å². The van der Waals surface area contributed by atoms with E-state index in [0.29, 0.717) is 17.1 Å². The second-order valence-electron chi connectivity index (χ2n) is 5.46. The summed E-state index contributed by atoms with van der Waals surface area (Å²) in [5.74, 6) is -2.98. The number of ether oxygens (including phenoxy) is 1. The van der Waals surface area contributed by atoms with E-state index in [1.54, 1.807) is 24.3 Å². The molecule has 0 aliphatic carbocycles. The Hall–Kier alpha value is -3.28. The fourth-order valence-corrected chi connectivity index (χ4v) is 2.38. The van der Waals surface area contributed by atoms with E-state index in [0.717, 1.165) is 12.2 Å². The molecule has 1 aliphatic heterocycles. The molecular formula is C19H13FO5. The van der Waals surface area contributed by atoms with Crippen LogP contribution in [0, 0.1) is 11.7 Å². The van der Waals surface area contributed by atoms with Gasteiger partial charge in [-0.1, -0.05) is 0 Å². The minimum absolute atomic E-state index is 0.165. The molecule has 1 atom stereocenters. The van der Waals surface area contributed by atoms with Crippen molar-refractivity contribution in [2.75, 3.05) is 0 Å². The van der Waals surface area contributed by atoms with E-state index in [4.69, 9.17) is 9.15 Å². The Balaban J connectivity index is 1.74. The molecule has 0 amide bonds. The molecule has 0 N–H and O–H groups in total. The zero-order chi connectivity index (χ0) is 18.0. The third-order valence-corrected chi connectivity index (χ3v) is 3.58. The molecular weight excluding hydrogens is 327 g/mol. The molecule has 1 aromatic carbocycles. The lowest BCUT2D eigenvalue weighted by Crippen LogP contribution is -2.34. The molecule has 0 bridgehead atoms. The summed E-state index contributed by atoms with van der Waals surface area (Å²) in [5.41, 5.74) is 0.680. The zero-order valence-electron chi connectivity index (χ0n) is 13.2. The van der Waals surface area contributed by atoms with Gasteiger partial charge in [0.2, 0.25) is 0 Å². The number of benzene rings is 1. The van der Waals surface area contributed by atoms with Crippen molar-refractivity contribution in [3.05, 3.63) is 65.9 Å². The van der Waals surface area contributed by atoms with E-state index in [-0.39, 0.29) is 11.6 Å². The summed E-state index contributed by atoms with van der Waals surface area (Å²) in [4.78, 5) is 35.6. The normalized spacial score (nSPS) is 17.5. The topological polar surface area (TPSA) is 73.6 Å². The number of carbonyl (C=O) groups is 3. The number of allylic oxidation sites excluding steroid dienone is 3. The van der Waals surface area contributed by atoms with Crippen molar-refractivity contribution in [2.45, 2.75) is 6.92 Å². The van der Waals surface area contributed by atoms with Gasteiger partial charge < -0.3 is 9.15 Å². The average molecular weight is 340 g/mol. The van der Waals surface area contributed by atoms with E-state index in [9.17, 15) is 18.8 Å². The van der Waals surface area contributed by atoms with E-state index in [2.05, 4.69) is 0 Å². The maximum Gasteiger partial charge on any atom is 0.329 e. The monoisotopic (exact) mass is 340 g/mol. The highest BCUT2D eigenvalue weighted by atomic mass is 19.1. The fourth-order valence-electron chi connectivity index (χ4n) is 2.38. The summed E-state index contributed by atoms with van der Waals surface area (Å²) in [7, 11) is 0. The van der Waals surface area contributed by atoms with Crippen LogP contribution in [0.5, 0.6) is 0 Å². The van der Waals surface area contributed by atoms with Crippen LogP contribution in [0.2, 0.25) is 0 Å². The number of rotatable bonds is 4. The van der Waals surface area contributed by atoms with Crippen LogP contribution < -0.4 is 0 Å². The summed E-state index contributed by atoms with van der Waals surface area (Å²) in [6.07, 6.45) is 3.59. The minimum Gasteiger partial charge on any atom is -0.457 e. The van der Waals surface area contributed by atoms with Crippen molar-refractivity contribution in [3.63, 3.8) is 0 Å². The predicted octanol–water partition coefficient (Wildman–Crippen LogP) is 3.31. The number of cyclic esters (lactones) is 1. The van der Waals surface area contributed by atoms with Gasteiger partial charge in [-0.05, 0) is 55.5 Å².